The van der Waals surface area contributed by atoms with Crippen LogP contribution in [0.2, 0.25) is 0 Å². The molecule has 1 N–H and O–H groups in total. The Bertz CT molecular complexity index is 933. The monoisotopic (exact) mass is 364 g/mol. The molecule has 138 valence electrons. The van der Waals surface area contributed by atoms with Gasteiger partial charge in [0, 0.05) is 31.8 Å². The number of carboxylic acids is 1. The second-order valence-corrected chi connectivity index (χ2v) is 6.84. The third kappa shape index (κ3) is 3.56. The fraction of sp³-hybridized carbons (Fsp3) is 0.286. The summed E-state index contributed by atoms with van der Waals surface area (Å²) in [5.74, 6) is -1.17. The zero-order valence-electron chi connectivity index (χ0n) is 14.7. The standard InChI is InChI=1S/C21H20N2O4/c24-20(11-10-19-22-17-8-4-5-9-18(17)27-19)23-12-15(16(13-23)21(25)26)14-6-2-1-3-7-14/h1-9,15-16H,10-13H2,(H,25,26)/t15-,16-/m1/s1. The Hall–Kier alpha value is -3.15. The first-order valence-corrected chi connectivity index (χ1v) is 9.02. The van der Waals surface area contributed by atoms with Gasteiger partial charge in [0.15, 0.2) is 11.5 Å². The largest absolute Gasteiger partial charge is 0.481 e. The molecule has 27 heavy (non-hydrogen) atoms. The van der Waals surface area contributed by atoms with Crippen LogP contribution in [-0.4, -0.2) is 40.0 Å². The lowest BCUT2D eigenvalue weighted by molar-refractivity contribution is -0.141. The van der Waals surface area contributed by atoms with E-state index < -0.39 is 11.9 Å². The molecule has 1 amide bonds. The molecule has 0 bridgehead atoms. The van der Waals surface area contributed by atoms with E-state index in [1.54, 1.807) is 4.90 Å². The fourth-order valence-electron chi connectivity index (χ4n) is 3.69. The maximum Gasteiger partial charge on any atom is 0.308 e. The van der Waals surface area contributed by atoms with E-state index in [1.807, 2.05) is 54.6 Å². The summed E-state index contributed by atoms with van der Waals surface area (Å²) >= 11 is 0. The minimum absolute atomic E-state index is 0.0677. The Labute approximate surface area is 156 Å². The fourth-order valence-corrected chi connectivity index (χ4v) is 3.69. The van der Waals surface area contributed by atoms with Gasteiger partial charge in [-0.25, -0.2) is 4.98 Å². The van der Waals surface area contributed by atoms with E-state index in [-0.39, 0.29) is 24.8 Å². The average Bonchev–Trinajstić information content (AvgIpc) is 3.31. The van der Waals surface area contributed by atoms with Crippen molar-refractivity contribution in [2.24, 2.45) is 5.92 Å². The van der Waals surface area contributed by atoms with E-state index in [4.69, 9.17) is 4.42 Å². The minimum atomic E-state index is -0.863. The maximum absolute atomic E-state index is 12.6. The van der Waals surface area contributed by atoms with Crippen molar-refractivity contribution in [3.63, 3.8) is 0 Å². The smallest absolute Gasteiger partial charge is 0.308 e. The SMILES string of the molecule is O=C(O)[C@@H]1CN(C(=O)CCc2nc3ccccc3o2)C[C@@H]1c1ccccc1. The Kier molecular flexibility index (Phi) is 4.62. The van der Waals surface area contributed by atoms with Crippen LogP contribution in [0, 0.1) is 5.92 Å². The number of hydrogen-bond acceptors (Lipinski definition) is 4. The van der Waals surface area contributed by atoms with Crippen LogP contribution in [0.1, 0.15) is 23.8 Å². The maximum atomic E-state index is 12.6. The Balaban J connectivity index is 1.43. The summed E-state index contributed by atoms with van der Waals surface area (Å²) in [4.78, 5) is 30.3. The molecule has 1 aliphatic heterocycles. The number of amides is 1. The summed E-state index contributed by atoms with van der Waals surface area (Å²) in [5.41, 5.74) is 2.44. The number of carboxylic acid groups (broad SMARTS) is 1. The summed E-state index contributed by atoms with van der Waals surface area (Å²) in [6, 6.07) is 17.0. The number of hydrogen-bond donors (Lipinski definition) is 1. The molecular weight excluding hydrogens is 344 g/mol. The number of para-hydroxylation sites is 2. The van der Waals surface area contributed by atoms with Gasteiger partial charge in [0.25, 0.3) is 0 Å². The van der Waals surface area contributed by atoms with Crippen LogP contribution < -0.4 is 0 Å². The van der Waals surface area contributed by atoms with Gasteiger partial charge in [-0.15, -0.1) is 0 Å². The second kappa shape index (κ2) is 7.23. The molecule has 0 radical (unpaired) electrons. The molecule has 2 atom stereocenters. The van der Waals surface area contributed by atoms with Crippen molar-refractivity contribution in [3.8, 4) is 0 Å². The van der Waals surface area contributed by atoms with Gasteiger partial charge in [-0.05, 0) is 17.7 Å². The van der Waals surface area contributed by atoms with E-state index >= 15 is 0 Å². The summed E-state index contributed by atoms with van der Waals surface area (Å²) in [7, 11) is 0. The van der Waals surface area contributed by atoms with Gasteiger partial charge in [0.2, 0.25) is 5.91 Å². The Morgan fingerprint density at radius 2 is 1.81 bits per heavy atom. The number of benzene rings is 2. The molecule has 1 fully saturated rings. The second-order valence-electron chi connectivity index (χ2n) is 6.84. The first-order valence-electron chi connectivity index (χ1n) is 9.02. The van der Waals surface area contributed by atoms with Gasteiger partial charge in [-0.1, -0.05) is 42.5 Å². The highest BCUT2D eigenvalue weighted by molar-refractivity contribution is 5.80. The van der Waals surface area contributed by atoms with Gasteiger partial charge in [0.05, 0.1) is 5.92 Å². The summed E-state index contributed by atoms with van der Waals surface area (Å²) < 4.78 is 5.65. The van der Waals surface area contributed by atoms with E-state index in [9.17, 15) is 14.7 Å². The number of likely N-dealkylation sites (tertiary alicyclic amines) is 1. The van der Waals surface area contributed by atoms with E-state index in [2.05, 4.69) is 4.98 Å². The first kappa shape index (κ1) is 17.3. The summed E-state index contributed by atoms with van der Waals surface area (Å²) in [6.07, 6.45) is 0.651. The number of rotatable bonds is 5. The van der Waals surface area contributed by atoms with Gasteiger partial charge in [0.1, 0.15) is 5.52 Å². The lowest BCUT2D eigenvalue weighted by Gasteiger charge is -2.16. The van der Waals surface area contributed by atoms with Gasteiger partial charge in [-0.2, -0.15) is 0 Å². The molecule has 0 unspecified atom stereocenters. The van der Waals surface area contributed by atoms with Crippen molar-refractivity contribution >= 4 is 23.0 Å². The summed E-state index contributed by atoms with van der Waals surface area (Å²) in [6.45, 7) is 0.661. The molecule has 0 aliphatic carbocycles. The number of aryl methyl sites for hydroxylation is 1. The molecule has 3 aromatic rings. The number of aromatic nitrogens is 1. The first-order chi connectivity index (χ1) is 13.1. The third-order valence-electron chi connectivity index (χ3n) is 5.11. The van der Waals surface area contributed by atoms with Crippen LogP contribution in [0.3, 0.4) is 0 Å². The van der Waals surface area contributed by atoms with Crippen LogP contribution >= 0.6 is 0 Å². The summed E-state index contributed by atoms with van der Waals surface area (Å²) in [5, 5.41) is 9.57. The molecule has 6 nitrogen and oxygen atoms in total. The normalized spacial score (nSPS) is 19.5. The molecule has 2 aromatic carbocycles. The highest BCUT2D eigenvalue weighted by Gasteiger charge is 2.40. The number of aliphatic carboxylic acids is 1. The van der Waals surface area contributed by atoms with E-state index in [0.29, 0.717) is 24.4 Å². The minimum Gasteiger partial charge on any atom is -0.481 e. The molecule has 1 aliphatic rings. The van der Waals surface area contributed by atoms with Crippen LogP contribution in [0.25, 0.3) is 11.1 Å². The lowest BCUT2D eigenvalue weighted by Crippen LogP contribution is -2.30. The molecule has 1 saturated heterocycles. The van der Waals surface area contributed by atoms with Crippen LogP contribution in [0.15, 0.2) is 59.0 Å². The number of carbonyl (C=O) groups excluding carboxylic acids is 1. The topological polar surface area (TPSA) is 83.6 Å². The van der Waals surface area contributed by atoms with Crippen LogP contribution in [-0.2, 0) is 16.0 Å². The van der Waals surface area contributed by atoms with E-state index in [1.165, 1.54) is 0 Å². The van der Waals surface area contributed by atoms with Gasteiger partial charge < -0.3 is 14.4 Å². The van der Waals surface area contributed by atoms with Crippen LogP contribution in [0.4, 0.5) is 0 Å². The average molecular weight is 364 g/mol. The predicted molar refractivity (Wildman–Crippen MR) is 99.2 cm³/mol. The zero-order valence-corrected chi connectivity index (χ0v) is 14.7. The molecule has 2 heterocycles. The van der Waals surface area contributed by atoms with Crippen molar-refractivity contribution in [2.45, 2.75) is 18.8 Å². The number of nitrogens with zero attached hydrogens (tertiary/aromatic N) is 2. The van der Waals surface area contributed by atoms with Gasteiger partial charge >= 0.3 is 5.97 Å². The van der Waals surface area contributed by atoms with E-state index in [0.717, 1.165) is 11.1 Å². The van der Waals surface area contributed by atoms with Crippen molar-refractivity contribution in [3.05, 3.63) is 66.1 Å². The zero-order chi connectivity index (χ0) is 18.8. The molecule has 0 spiro atoms. The lowest BCUT2D eigenvalue weighted by atomic mass is 9.89. The Morgan fingerprint density at radius 1 is 1.07 bits per heavy atom. The predicted octanol–water partition coefficient (Wildman–Crippen LogP) is 3.09. The molecule has 1 aromatic heterocycles. The van der Waals surface area contributed by atoms with Crippen molar-refractivity contribution in [1.82, 2.24) is 9.88 Å². The van der Waals surface area contributed by atoms with Crippen molar-refractivity contribution in [1.29, 1.82) is 0 Å². The third-order valence-corrected chi connectivity index (χ3v) is 5.11. The van der Waals surface area contributed by atoms with Gasteiger partial charge in [-0.3, -0.25) is 9.59 Å². The molecular formula is C21H20N2O4. The molecule has 4 rings (SSSR count). The molecule has 6 heteroatoms. The Morgan fingerprint density at radius 3 is 2.56 bits per heavy atom. The van der Waals surface area contributed by atoms with Crippen molar-refractivity contribution in [2.75, 3.05) is 13.1 Å². The number of carbonyl (C=O) groups is 2. The highest BCUT2D eigenvalue weighted by atomic mass is 16.4. The van der Waals surface area contributed by atoms with Crippen molar-refractivity contribution < 1.29 is 19.1 Å². The molecule has 0 saturated carbocycles. The highest BCUT2D eigenvalue weighted by Crippen LogP contribution is 2.33. The number of fused-ring (bicyclic) bond motifs is 1. The van der Waals surface area contributed by atoms with Crippen LogP contribution in [0.5, 0.6) is 0 Å². The quantitative estimate of drug-likeness (QED) is 0.752. The number of oxazole rings is 1.